The lowest BCUT2D eigenvalue weighted by Gasteiger charge is -2.17. The van der Waals surface area contributed by atoms with Gasteiger partial charge in [-0.25, -0.2) is 9.97 Å². The van der Waals surface area contributed by atoms with Crippen molar-refractivity contribution in [3.63, 3.8) is 0 Å². The molecule has 19 heavy (non-hydrogen) atoms. The number of rotatable bonds is 7. The normalized spacial score (nSPS) is 10.4. The zero-order chi connectivity index (χ0) is 14.3. The molecule has 0 saturated carbocycles. The fourth-order valence-corrected chi connectivity index (χ4v) is 1.48. The smallest absolute Gasteiger partial charge is 0.325 e. The fraction of sp³-hybridized carbons (Fsp3) is 0.615. The van der Waals surface area contributed by atoms with E-state index in [0.717, 1.165) is 18.8 Å². The van der Waals surface area contributed by atoms with Gasteiger partial charge in [0.1, 0.15) is 24.5 Å². The van der Waals surface area contributed by atoms with Crippen LogP contribution in [0.25, 0.3) is 0 Å². The molecule has 1 aromatic rings. The van der Waals surface area contributed by atoms with Gasteiger partial charge < -0.3 is 15.0 Å². The van der Waals surface area contributed by atoms with E-state index in [9.17, 15) is 4.79 Å². The Morgan fingerprint density at radius 3 is 2.84 bits per heavy atom. The van der Waals surface area contributed by atoms with E-state index in [1.807, 2.05) is 6.07 Å². The zero-order valence-corrected chi connectivity index (χ0v) is 12.0. The van der Waals surface area contributed by atoms with E-state index in [1.165, 1.54) is 13.4 Å². The molecule has 6 nitrogen and oxygen atoms in total. The first-order chi connectivity index (χ1) is 9.02. The quantitative estimate of drug-likeness (QED) is 0.755. The molecule has 0 unspecified atom stereocenters. The molecule has 0 spiro atoms. The number of esters is 1. The third-order valence-electron chi connectivity index (χ3n) is 2.67. The summed E-state index contributed by atoms with van der Waals surface area (Å²) in [4.78, 5) is 21.2. The van der Waals surface area contributed by atoms with Crippen LogP contribution in [0.3, 0.4) is 0 Å². The summed E-state index contributed by atoms with van der Waals surface area (Å²) in [6.07, 6.45) is 2.57. The standard InChI is InChI=1S/C13H22N4O2/c1-10(2)5-6-14-11-7-12(16-9-15-11)17(3)8-13(18)19-4/h7,9-10H,5-6,8H2,1-4H3,(H,14,15,16). The van der Waals surface area contributed by atoms with E-state index in [-0.39, 0.29) is 12.5 Å². The number of aromatic nitrogens is 2. The van der Waals surface area contributed by atoms with Crippen LogP contribution in [0, 0.1) is 5.92 Å². The van der Waals surface area contributed by atoms with Gasteiger partial charge in [0, 0.05) is 19.7 Å². The molecule has 1 aromatic heterocycles. The third kappa shape index (κ3) is 5.54. The van der Waals surface area contributed by atoms with Crippen molar-refractivity contribution in [3.8, 4) is 0 Å². The second kappa shape index (κ2) is 7.56. The summed E-state index contributed by atoms with van der Waals surface area (Å²) in [6.45, 7) is 5.39. The first-order valence-electron chi connectivity index (χ1n) is 6.36. The van der Waals surface area contributed by atoms with Crippen LogP contribution in [-0.4, -0.2) is 43.2 Å². The minimum atomic E-state index is -0.296. The highest BCUT2D eigenvalue weighted by Crippen LogP contribution is 2.12. The number of nitrogens with zero attached hydrogens (tertiary/aromatic N) is 3. The van der Waals surface area contributed by atoms with Gasteiger partial charge in [-0.15, -0.1) is 0 Å². The van der Waals surface area contributed by atoms with Crippen LogP contribution in [0.1, 0.15) is 20.3 Å². The van der Waals surface area contributed by atoms with Gasteiger partial charge in [0.25, 0.3) is 0 Å². The van der Waals surface area contributed by atoms with Crippen molar-refractivity contribution >= 4 is 17.6 Å². The third-order valence-corrected chi connectivity index (χ3v) is 2.67. The number of nitrogens with one attached hydrogen (secondary N) is 1. The first kappa shape index (κ1) is 15.2. The molecule has 0 radical (unpaired) electrons. The monoisotopic (exact) mass is 266 g/mol. The number of hydrogen-bond donors (Lipinski definition) is 1. The Morgan fingerprint density at radius 1 is 1.47 bits per heavy atom. The van der Waals surface area contributed by atoms with Gasteiger partial charge >= 0.3 is 5.97 Å². The van der Waals surface area contributed by atoms with Crippen LogP contribution in [0.2, 0.25) is 0 Å². The summed E-state index contributed by atoms with van der Waals surface area (Å²) >= 11 is 0. The zero-order valence-electron chi connectivity index (χ0n) is 12.0. The lowest BCUT2D eigenvalue weighted by molar-refractivity contribution is -0.138. The molecule has 0 aliphatic carbocycles. The summed E-state index contributed by atoms with van der Waals surface area (Å²) in [6, 6.07) is 1.82. The van der Waals surface area contributed by atoms with Crippen molar-refractivity contribution in [1.82, 2.24) is 9.97 Å². The maximum absolute atomic E-state index is 11.2. The number of hydrogen-bond acceptors (Lipinski definition) is 6. The highest BCUT2D eigenvalue weighted by atomic mass is 16.5. The van der Waals surface area contributed by atoms with Gasteiger partial charge in [0.15, 0.2) is 0 Å². The van der Waals surface area contributed by atoms with E-state index >= 15 is 0 Å². The molecular weight excluding hydrogens is 244 g/mol. The fourth-order valence-electron chi connectivity index (χ4n) is 1.48. The van der Waals surface area contributed by atoms with Crippen LogP contribution in [0.4, 0.5) is 11.6 Å². The molecule has 0 amide bonds. The summed E-state index contributed by atoms with van der Waals surface area (Å²) in [5, 5.41) is 3.24. The number of methoxy groups -OCH3 is 1. The van der Waals surface area contributed by atoms with Crippen molar-refractivity contribution in [3.05, 3.63) is 12.4 Å². The Hall–Kier alpha value is -1.85. The van der Waals surface area contributed by atoms with E-state index in [2.05, 4.69) is 33.9 Å². The molecule has 1 N–H and O–H groups in total. The van der Waals surface area contributed by atoms with Crippen molar-refractivity contribution in [2.24, 2.45) is 5.92 Å². The number of likely N-dealkylation sites (N-methyl/N-ethyl adjacent to an activating group) is 1. The number of carbonyl (C=O) groups is 1. The molecule has 0 fully saturated rings. The Kier molecular flexibility index (Phi) is 6.05. The highest BCUT2D eigenvalue weighted by Gasteiger charge is 2.09. The summed E-state index contributed by atoms with van der Waals surface area (Å²) in [5.74, 6) is 1.81. The Morgan fingerprint density at radius 2 is 2.21 bits per heavy atom. The minimum absolute atomic E-state index is 0.166. The number of ether oxygens (including phenoxy) is 1. The highest BCUT2D eigenvalue weighted by molar-refractivity contribution is 5.75. The molecule has 106 valence electrons. The van der Waals surface area contributed by atoms with Crippen molar-refractivity contribution < 1.29 is 9.53 Å². The number of anilines is 2. The molecule has 1 heterocycles. The van der Waals surface area contributed by atoms with Gasteiger partial charge in [-0.1, -0.05) is 13.8 Å². The van der Waals surface area contributed by atoms with E-state index in [0.29, 0.717) is 11.7 Å². The van der Waals surface area contributed by atoms with Gasteiger partial charge in [-0.3, -0.25) is 4.79 Å². The van der Waals surface area contributed by atoms with Gasteiger partial charge in [0.05, 0.1) is 7.11 Å². The lowest BCUT2D eigenvalue weighted by atomic mass is 10.1. The Labute approximate surface area is 114 Å². The van der Waals surface area contributed by atoms with Crippen molar-refractivity contribution in [2.45, 2.75) is 20.3 Å². The van der Waals surface area contributed by atoms with Crippen LogP contribution in [-0.2, 0) is 9.53 Å². The van der Waals surface area contributed by atoms with Crippen LogP contribution in [0.15, 0.2) is 12.4 Å². The van der Waals surface area contributed by atoms with Crippen molar-refractivity contribution in [1.29, 1.82) is 0 Å². The van der Waals surface area contributed by atoms with Gasteiger partial charge in [-0.2, -0.15) is 0 Å². The molecule has 1 rings (SSSR count). The van der Waals surface area contributed by atoms with Crippen LogP contribution >= 0.6 is 0 Å². The second-order valence-corrected chi connectivity index (χ2v) is 4.80. The Bertz CT molecular complexity index is 409. The van der Waals surface area contributed by atoms with Gasteiger partial charge in [-0.05, 0) is 12.3 Å². The van der Waals surface area contributed by atoms with Crippen LogP contribution < -0.4 is 10.2 Å². The van der Waals surface area contributed by atoms with E-state index in [4.69, 9.17) is 0 Å². The average molecular weight is 266 g/mol. The van der Waals surface area contributed by atoms with Crippen molar-refractivity contribution in [2.75, 3.05) is 37.5 Å². The summed E-state index contributed by atoms with van der Waals surface area (Å²) in [7, 11) is 3.16. The maximum Gasteiger partial charge on any atom is 0.325 e. The van der Waals surface area contributed by atoms with E-state index in [1.54, 1.807) is 11.9 Å². The molecule has 6 heteroatoms. The van der Waals surface area contributed by atoms with Crippen LogP contribution in [0.5, 0.6) is 0 Å². The molecule has 0 atom stereocenters. The Balaban J connectivity index is 2.58. The molecule has 0 bridgehead atoms. The predicted molar refractivity (Wildman–Crippen MR) is 75.3 cm³/mol. The lowest BCUT2D eigenvalue weighted by Crippen LogP contribution is -2.27. The molecule has 0 aromatic carbocycles. The SMILES string of the molecule is COC(=O)CN(C)c1cc(NCCC(C)C)ncn1. The average Bonchev–Trinajstić information content (AvgIpc) is 2.38. The topological polar surface area (TPSA) is 67.3 Å². The second-order valence-electron chi connectivity index (χ2n) is 4.80. The summed E-state index contributed by atoms with van der Waals surface area (Å²) < 4.78 is 4.62. The van der Waals surface area contributed by atoms with Gasteiger partial charge in [0.2, 0.25) is 0 Å². The maximum atomic E-state index is 11.2. The minimum Gasteiger partial charge on any atom is -0.468 e. The number of carbonyl (C=O) groups excluding carboxylic acids is 1. The predicted octanol–water partition coefficient (Wildman–Crippen LogP) is 1.54. The first-order valence-corrected chi connectivity index (χ1v) is 6.36. The van der Waals surface area contributed by atoms with E-state index < -0.39 is 0 Å². The molecular formula is C13H22N4O2. The summed E-state index contributed by atoms with van der Waals surface area (Å²) in [5.41, 5.74) is 0. The molecule has 0 saturated heterocycles. The largest absolute Gasteiger partial charge is 0.468 e. The molecule has 0 aliphatic rings. The molecule has 0 aliphatic heterocycles.